The van der Waals surface area contributed by atoms with Gasteiger partial charge in [0.05, 0.1) is 24.8 Å². The van der Waals surface area contributed by atoms with Crippen molar-refractivity contribution in [1.82, 2.24) is 20.0 Å². The van der Waals surface area contributed by atoms with Crippen LogP contribution in [0.1, 0.15) is 51.6 Å². The van der Waals surface area contributed by atoms with Crippen molar-refractivity contribution in [1.29, 1.82) is 0 Å². The van der Waals surface area contributed by atoms with Crippen molar-refractivity contribution in [2.75, 3.05) is 13.7 Å². The molecule has 0 spiro atoms. The summed E-state index contributed by atoms with van der Waals surface area (Å²) >= 11 is 0. The molecule has 31 heavy (non-hydrogen) atoms. The zero-order valence-corrected chi connectivity index (χ0v) is 17.3. The Morgan fingerprint density at radius 3 is 2.84 bits per heavy atom. The number of aliphatic imine (C=N–C) groups is 1. The molecule has 1 saturated heterocycles. The Hall–Kier alpha value is -3.46. The molecule has 8 nitrogen and oxygen atoms in total. The van der Waals surface area contributed by atoms with Gasteiger partial charge in [0.25, 0.3) is 5.91 Å². The minimum Gasteiger partial charge on any atom is -0.373 e. The van der Waals surface area contributed by atoms with Gasteiger partial charge in [0.15, 0.2) is 11.6 Å². The number of hydrogen-bond donors (Lipinski definition) is 0. The maximum Gasteiger partial charge on any atom is 0.258 e. The number of amides is 1. The first-order valence-corrected chi connectivity index (χ1v) is 9.83. The summed E-state index contributed by atoms with van der Waals surface area (Å²) in [4.78, 5) is 26.8. The van der Waals surface area contributed by atoms with Gasteiger partial charge in [-0.3, -0.25) is 4.79 Å². The van der Waals surface area contributed by atoms with Gasteiger partial charge in [0.2, 0.25) is 5.89 Å². The number of ether oxygens (including phenoxy) is 1. The van der Waals surface area contributed by atoms with E-state index in [0.29, 0.717) is 30.3 Å². The Labute approximate surface area is 178 Å². The van der Waals surface area contributed by atoms with Crippen LogP contribution in [-0.4, -0.2) is 46.3 Å². The summed E-state index contributed by atoms with van der Waals surface area (Å²) in [6, 6.07) is 8.03. The highest BCUT2D eigenvalue weighted by Gasteiger charge is 2.31. The quantitative estimate of drug-likeness (QED) is 0.561. The molecule has 2 atom stereocenters. The minimum absolute atomic E-state index is 0.0364. The van der Waals surface area contributed by atoms with Gasteiger partial charge in [0.1, 0.15) is 5.82 Å². The number of carbonyl (C=O) groups excluding carboxylic acids is 1. The highest BCUT2D eigenvalue weighted by atomic mass is 19.1. The number of benzene rings is 1. The van der Waals surface area contributed by atoms with Gasteiger partial charge in [0, 0.05) is 19.2 Å². The first-order chi connectivity index (χ1) is 15.0. The molecule has 0 radical (unpaired) electrons. The predicted octanol–water partition coefficient (Wildman–Crippen LogP) is 3.76. The lowest BCUT2D eigenvalue weighted by atomic mass is 10.00. The average Bonchev–Trinajstić information content (AvgIpc) is 3.43. The van der Waals surface area contributed by atoms with Crippen LogP contribution in [0.2, 0.25) is 0 Å². The van der Waals surface area contributed by atoms with E-state index in [4.69, 9.17) is 9.26 Å². The van der Waals surface area contributed by atoms with E-state index in [2.05, 4.69) is 26.8 Å². The van der Waals surface area contributed by atoms with Crippen molar-refractivity contribution in [3.63, 3.8) is 0 Å². The summed E-state index contributed by atoms with van der Waals surface area (Å²) in [5.41, 5.74) is 2.07. The van der Waals surface area contributed by atoms with E-state index >= 15 is 0 Å². The van der Waals surface area contributed by atoms with Gasteiger partial charge in [-0.1, -0.05) is 17.3 Å². The molecule has 4 rings (SSSR count). The van der Waals surface area contributed by atoms with E-state index < -0.39 is 0 Å². The number of rotatable bonds is 6. The summed E-state index contributed by atoms with van der Waals surface area (Å²) in [5, 5.41) is 4.07. The van der Waals surface area contributed by atoms with Crippen molar-refractivity contribution in [2.24, 2.45) is 4.99 Å². The molecule has 0 N–H and O–H groups in total. The van der Waals surface area contributed by atoms with Crippen LogP contribution in [0, 0.1) is 12.7 Å². The SMILES string of the molecule is C=Nc1nccc(C)c1C(=O)N(C)Cc1nc([C@@H]2CO[C@@H](c3ccc(F)cc3)C2)no1. The molecular weight excluding hydrogens is 401 g/mol. The normalized spacial score (nSPS) is 18.2. The molecular formula is C22H22FN5O3. The molecule has 1 aromatic carbocycles. The smallest absolute Gasteiger partial charge is 0.258 e. The lowest BCUT2D eigenvalue weighted by molar-refractivity contribution is 0.0769. The van der Waals surface area contributed by atoms with Gasteiger partial charge in [-0.2, -0.15) is 4.98 Å². The number of pyridine rings is 1. The summed E-state index contributed by atoms with van der Waals surface area (Å²) in [7, 11) is 1.65. The van der Waals surface area contributed by atoms with Crippen molar-refractivity contribution in [2.45, 2.75) is 31.9 Å². The second kappa shape index (κ2) is 8.73. The van der Waals surface area contributed by atoms with E-state index in [9.17, 15) is 9.18 Å². The standard InChI is InChI=1S/C22H22FN5O3/c1-13-8-9-25-21(24-2)19(13)22(29)28(3)11-18-26-20(27-31-18)15-10-17(30-12-15)14-4-6-16(23)7-5-14/h4-9,15,17H,2,10-12H2,1,3H3/t15-,17+/m0/s1. The van der Waals surface area contributed by atoms with E-state index in [-0.39, 0.29) is 36.1 Å². The second-order valence-corrected chi connectivity index (χ2v) is 7.50. The lowest BCUT2D eigenvalue weighted by Gasteiger charge is -2.17. The zero-order valence-electron chi connectivity index (χ0n) is 17.3. The number of aromatic nitrogens is 3. The van der Waals surface area contributed by atoms with Crippen LogP contribution in [0.4, 0.5) is 10.2 Å². The molecule has 160 valence electrons. The van der Waals surface area contributed by atoms with E-state index in [0.717, 1.165) is 11.1 Å². The third-order valence-corrected chi connectivity index (χ3v) is 5.31. The molecule has 1 amide bonds. The minimum atomic E-state index is -0.280. The molecule has 0 bridgehead atoms. The molecule has 3 heterocycles. The van der Waals surface area contributed by atoms with E-state index in [1.54, 1.807) is 31.4 Å². The fourth-order valence-electron chi connectivity index (χ4n) is 3.61. The van der Waals surface area contributed by atoms with Crippen LogP contribution in [0.15, 0.2) is 46.0 Å². The molecule has 1 aliphatic rings. The molecule has 9 heteroatoms. The van der Waals surface area contributed by atoms with E-state index in [1.807, 2.05) is 6.92 Å². The predicted molar refractivity (Wildman–Crippen MR) is 111 cm³/mol. The highest BCUT2D eigenvalue weighted by Crippen LogP contribution is 2.37. The summed E-state index contributed by atoms with van der Waals surface area (Å²) < 4.78 is 24.3. The number of nitrogens with zero attached hydrogens (tertiary/aromatic N) is 5. The monoisotopic (exact) mass is 423 g/mol. The largest absolute Gasteiger partial charge is 0.373 e. The topological polar surface area (TPSA) is 93.7 Å². The summed E-state index contributed by atoms with van der Waals surface area (Å²) in [6.07, 6.45) is 2.11. The summed E-state index contributed by atoms with van der Waals surface area (Å²) in [5.74, 6) is 0.575. The van der Waals surface area contributed by atoms with Gasteiger partial charge in [-0.15, -0.1) is 0 Å². The fourth-order valence-corrected chi connectivity index (χ4v) is 3.61. The van der Waals surface area contributed by atoms with Crippen LogP contribution < -0.4 is 0 Å². The van der Waals surface area contributed by atoms with Crippen molar-refractivity contribution in [3.05, 3.63) is 70.8 Å². The second-order valence-electron chi connectivity index (χ2n) is 7.50. The van der Waals surface area contributed by atoms with Crippen LogP contribution in [-0.2, 0) is 11.3 Å². The Kier molecular flexibility index (Phi) is 5.85. The average molecular weight is 423 g/mol. The number of halogens is 1. The third kappa shape index (κ3) is 4.36. The Bertz CT molecular complexity index is 1100. The maximum absolute atomic E-state index is 13.1. The van der Waals surface area contributed by atoms with Gasteiger partial charge in [-0.05, 0) is 49.4 Å². The van der Waals surface area contributed by atoms with Gasteiger partial charge in [-0.25, -0.2) is 14.4 Å². The first kappa shape index (κ1) is 20.8. The lowest BCUT2D eigenvalue weighted by Crippen LogP contribution is -2.27. The molecule has 0 saturated carbocycles. The number of aryl methyl sites for hydroxylation is 1. The fraction of sp³-hybridized carbons (Fsp3) is 0.318. The van der Waals surface area contributed by atoms with Crippen LogP contribution in [0.3, 0.4) is 0 Å². The molecule has 3 aromatic rings. The van der Waals surface area contributed by atoms with Crippen LogP contribution >= 0.6 is 0 Å². The Balaban J connectivity index is 1.42. The highest BCUT2D eigenvalue weighted by molar-refractivity contribution is 5.99. The van der Waals surface area contributed by atoms with Gasteiger partial charge < -0.3 is 14.2 Å². The molecule has 0 unspecified atom stereocenters. The van der Waals surface area contributed by atoms with E-state index in [1.165, 1.54) is 17.0 Å². The molecule has 0 aliphatic carbocycles. The summed E-state index contributed by atoms with van der Waals surface area (Å²) in [6.45, 7) is 5.89. The Morgan fingerprint density at radius 2 is 2.10 bits per heavy atom. The number of hydrogen-bond acceptors (Lipinski definition) is 7. The molecule has 1 fully saturated rings. The maximum atomic E-state index is 13.1. The van der Waals surface area contributed by atoms with Crippen LogP contribution in [0.25, 0.3) is 0 Å². The third-order valence-electron chi connectivity index (χ3n) is 5.31. The van der Waals surface area contributed by atoms with Crippen molar-refractivity contribution < 1.29 is 18.4 Å². The van der Waals surface area contributed by atoms with Crippen molar-refractivity contribution >= 4 is 18.4 Å². The Morgan fingerprint density at radius 1 is 1.32 bits per heavy atom. The van der Waals surface area contributed by atoms with Crippen molar-refractivity contribution in [3.8, 4) is 0 Å². The molecule has 1 aliphatic heterocycles. The molecule has 2 aromatic heterocycles. The number of carbonyl (C=O) groups is 1. The first-order valence-electron chi connectivity index (χ1n) is 9.83. The van der Waals surface area contributed by atoms with Gasteiger partial charge >= 0.3 is 0 Å². The zero-order chi connectivity index (χ0) is 22.0. The van der Waals surface area contributed by atoms with Crippen LogP contribution in [0.5, 0.6) is 0 Å².